The van der Waals surface area contributed by atoms with E-state index in [2.05, 4.69) is 13.8 Å². The van der Waals surface area contributed by atoms with Crippen LogP contribution in [0.15, 0.2) is 0 Å². The molecule has 2 heteroatoms. The average Bonchev–Trinajstić information content (AvgIpc) is 1.35. The van der Waals surface area contributed by atoms with Crippen molar-refractivity contribution in [1.82, 2.24) is 0 Å². The van der Waals surface area contributed by atoms with Gasteiger partial charge in [0.25, 0.3) is 0 Å². The van der Waals surface area contributed by atoms with Crippen LogP contribution in [-0.4, -0.2) is 5.78 Å². The molecule has 1 nitrogen and oxygen atoms in total. The van der Waals surface area contributed by atoms with Gasteiger partial charge in [0.05, 0.1) is 0 Å². The average molecular weight is 173 g/mol. The number of ketones is 1. The van der Waals surface area contributed by atoms with Gasteiger partial charge in [0, 0.05) is 32.7 Å². The molecule has 0 fully saturated rings. The third-order valence-electron chi connectivity index (χ3n) is 0.456. The molecule has 0 aliphatic rings. The summed E-state index contributed by atoms with van der Waals surface area (Å²) in [6, 6.07) is 0. The Morgan fingerprint density at radius 3 is 2.00 bits per heavy atom. The van der Waals surface area contributed by atoms with E-state index in [4.69, 9.17) is 0 Å². The summed E-state index contributed by atoms with van der Waals surface area (Å²) in [7, 11) is 0. The van der Waals surface area contributed by atoms with Crippen LogP contribution in [0.25, 0.3) is 0 Å². The SMILES string of the molecule is [CH2-]CCC([CH2-])=O.[Y]. The fraction of sp³-hybridized carbons (Fsp3) is 0.400. The molecule has 0 atom stereocenters. The van der Waals surface area contributed by atoms with Crippen LogP contribution in [0, 0.1) is 13.8 Å². The molecule has 0 spiro atoms. The van der Waals surface area contributed by atoms with Gasteiger partial charge in [-0.2, -0.15) is 6.42 Å². The number of carbonyl (C=O) groups excluding carboxylic acids is 1. The van der Waals surface area contributed by atoms with E-state index in [1.807, 2.05) is 0 Å². The van der Waals surface area contributed by atoms with E-state index in [1.165, 1.54) is 0 Å². The molecule has 7 heavy (non-hydrogen) atoms. The Hall–Kier alpha value is 0.644. The molecule has 0 saturated heterocycles. The molecule has 0 aromatic heterocycles. The second-order valence-electron chi connectivity index (χ2n) is 1.14. The predicted molar refractivity (Wildman–Crippen MR) is 25.0 cm³/mol. The summed E-state index contributed by atoms with van der Waals surface area (Å²) in [6.07, 6.45) is 1.18. The Labute approximate surface area is 69.7 Å². The van der Waals surface area contributed by atoms with Gasteiger partial charge in [-0.25, -0.2) is 0 Å². The first-order valence-electron chi connectivity index (χ1n) is 1.91. The van der Waals surface area contributed by atoms with E-state index in [0.717, 1.165) is 0 Å². The second kappa shape index (κ2) is 6.64. The number of hydrogen-bond acceptors (Lipinski definition) is 1. The summed E-state index contributed by atoms with van der Waals surface area (Å²) in [5.41, 5.74) is 0. The van der Waals surface area contributed by atoms with Crippen LogP contribution in [0.1, 0.15) is 12.8 Å². The zero-order valence-electron chi connectivity index (χ0n) is 4.31. The molecule has 0 aromatic carbocycles. The van der Waals surface area contributed by atoms with Crippen LogP contribution in [0.2, 0.25) is 0 Å². The first-order valence-corrected chi connectivity index (χ1v) is 1.91. The molecule has 0 heterocycles. The molecule has 0 saturated carbocycles. The van der Waals surface area contributed by atoms with Crippen LogP contribution in [0.3, 0.4) is 0 Å². The van der Waals surface area contributed by atoms with Crippen LogP contribution >= 0.6 is 0 Å². The minimum Gasteiger partial charge on any atom is -0.343 e. The smallest absolute Gasteiger partial charge is 0 e. The molecule has 0 N–H and O–H groups in total. The van der Waals surface area contributed by atoms with Gasteiger partial charge in [0.1, 0.15) is 0 Å². The Bertz CT molecular complexity index is 52.0. The van der Waals surface area contributed by atoms with Crippen LogP contribution in [0.5, 0.6) is 0 Å². The Kier molecular flexibility index (Phi) is 10.1. The molecule has 1 radical (unpaired) electrons. The van der Waals surface area contributed by atoms with Crippen LogP contribution in [-0.2, 0) is 37.5 Å². The Morgan fingerprint density at radius 1 is 1.57 bits per heavy atom. The zero-order chi connectivity index (χ0) is 4.99. The van der Waals surface area contributed by atoms with Gasteiger partial charge < -0.3 is 18.6 Å². The molecular weight excluding hydrogens is 165 g/mol. The van der Waals surface area contributed by atoms with Crippen molar-refractivity contribution in [2.45, 2.75) is 12.8 Å². The van der Waals surface area contributed by atoms with E-state index in [1.54, 1.807) is 0 Å². The minimum atomic E-state index is -0.0231. The molecule has 0 bridgehead atoms. The number of rotatable bonds is 2. The molecule has 0 aliphatic heterocycles. The van der Waals surface area contributed by atoms with Crippen molar-refractivity contribution >= 4 is 5.78 Å². The maximum absolute atomic E-state index is 9.89. The number of hydrogen-bond donors (Lipinski definition) is 0. The van der Waals surface area contributed by atoms with Crippen LogP contribution in [0.4, 0.5) is 0 Å². The third-order valence-corrected chi connectivity index (χ3v) is 0.456. The quantitative estimate of drug-likeness (QED) is 0.569. The van der Waals surface area contributed by atoms with Crippen molar-refractivity contribution in [3.8, 4) is 0 Å². The van der Waals surface area contributed by atoms with E-state index in [-0.39, 0.29) is 38.5 Å². The summed E-state index contributed by atoms with van der Waals surface area (Å²) >= 11 is 0. The van der Waals surface area contributed by atoms with Crippen LogP contribution < -0.4 is 0 Å². The van der Waals surface area contributed by atoms with Crippen molar-refractivity contribution in [1.29, 1.82) is 0 Å². The van der Waals surface area contributed by atoms with Crippen molar-refractivity contribution in [3.63, 3.8) is 0 Å². The summed E-state index contributed by atoms with van der Waals surface area (Å²) in [5.74, 6) is -0.0231. The van der Waals surface area contributed by atoms with Gasteiger partial charge in [-0.15, -0.1) is 0 Å². The van der Waals surface area contributed by atoms with Gasteiger partial charge in [0.2, 0.25) is 0 Å². The number of carbonyl (C=O) groups is 1. The van der Waals surface area contributed by atoms with Gasteiger partial charge >= 0.3 is 0 Å². The molecule has 0 unspecified atom stereocenters. The van der Waals surface area contributed by atoms with E-state index >= 15 is 0 Å². The summed E-state index contributed by atoms with van der Waals surface area (Å²) in [4.78, 5) is 9.89. The summed E-state index contributed by atoms with van der Waals surface area (Å²) in [6.45, 7) is 6.61. The summed E-state index contributed by atoms with van der Waals surface area (Å²) in [5, 5.41) is 0. The van der Waals surface area contributed by atoms with Gasteiger partial charge in [0.15, 0.2) is 0 Å². The molecule has 0 aromatic rings. The standard InChI is InChI=1S/C5H8O.Y/c1-3-4-5(2)6;/h1-4H2;/q-2;. The fourth-order valence-corrected chi connectivity index (χ4v) is 0.197. The minimum absolute atomic E-state index is 0. The van der Waals surface area contributed by atoms with Crippen molar-refractivity contribution < 1.29 is 37.5 Å². The topological polar surface area (TPSA) is 17.1 Å². The Balaban J connectivity index is 0. The normalized spacial score (nSPS) is 7.00. The molecule has 0 rings (SSSR count). The largest absolute Gasteiger partial charge is 0.343 e. The number of Topliss-reactive ketones (excluding diaryl/α,β-unsaturated/α-hetero) is 1. The Morgan fingerprint density at radius 2 is 2.00 bits per heavy atom. The fourth-order valence-electron chi connectivity index (χ4n) is 0.197. The van der Waals surface area contributed by atoms with Gasteiger partial charge in [-0.1, -0.05) is 6.42 Å². The van der Waals surface area contributed by atoms with Crippen molar-refractivity contribution in [3.05, 3.63) is 13.8 Å². The molecular formula is C5H8OY-2. The summed E-state index contributed by atoms with van der Waals surface area (Å²) < 4.78 is 0. The van der Waals surface area contributed by atoms with E-state index in [9.17, 15) is 4.79 Å². The molecule has 0 aliphatic carbocycles. The third kappa shape index (κ3) is 10.8. The van der Waals surface area contributed by atoms with Crippen molar-refractivity contribution in [2.24, 2.45) is 0 Å². The monoisotopic (exact) mass is 173 g/mol. The van der Waals surface area contributed by atoms with Crippen molar-refractivity contribution in [2.75, 3.05) is 0 Å². The predicted octanol–water partition coefficient (Wildman–Crippen LogP) is 1.00. The van der Waals surface area contributed by atoms with Gasteiger partial charge in [-0.3, -0.25) is 0 Å². The second-order valence-corrected chi connectivity index (χ2v) is 1.14. The zero-order valence-corrected chi connectivity index (χ0v) is 7.15. The molecule has 39 valence electrons. The maximum Gasteiger partial charge on any atom is 0 e. The first-order chi connectivity index (χ1) is 2.77. The van der Waals surface area contributed by atoms with E-state index < -0.39 is 0 Å². The van der Waals surface area contributed by atoms with E-state index in [0.29, 0.717) is 12.8 Å². The first kappa shape index (κ1) is 10.6. The maximum atomic E-state index is 9.89. The molecule has 0 amide bonds. The van der Waals surface area contributed by atoms with Gasteiger partial charge in [-0.05, 0) is 5.78 Å².